The van der Waals surface area contributed by atoms with Crippen LogP contribution in [0.4, 0.5) is 0 Å². The van der Waals surface area contributed by atoms with E-state index < -0.39 is 0 Å². The Bertz CT molecular complexity index is 479. The van der Waals surface area contributed by atoms with Crippen molar-refractivity contribution in [3.8, 4) is 0 Å². The van der Waals surface area contributed by atoms with Crippen LogP contribution in [0.3, 0.4) is 0 Å². The number of fused-ring (bicyclic) bond motifs is 2. The van der Waals surface area contributed by atoms with Crippen molar-refractivity contribution in [1.82, 2.24) is 9.80 Å². The Morgan fingerprint density at radius 3 is 2.60 bits per heavy atom. The lowest BCUT2D eigenvalue weighted by Crippen LogP contribution is -2.53. The van der Waals surface area contributed by atoms with E-state index in [-0.39, 0.29) is 5.91 Å². The van der Waals surface area contributed by atoms with Gasteiger partial charge in [-0.3, -0.25) is 9.69 Å². The van der Waals surface area contributed by atoms with Crippen molar-refractivity contribution in [2.45, 2.75) is 31.7 Å². The van der Waals surface area contributed by atoms with E-state index in [0.717, 1.165) is 48.9 Å². The first kappa shape index (κ1) is 12.8. The summed E-state index contributed by atoms with van der Waals surface area (Å²) in [7, 11) is 0. The van der Waals surface area contributed by atoms with E-state index in [0.29, 0.717) is 0 Å². The Hall–Kier alpha value is -0.870. The number of carbonyl (C=O) groups excluding carboxylic acids is 1. The van der Waals surface area contributed by atoms with Crippen molar-refractivity contribution in [2.24, 2.45) is 11.8 Å². The molecule has 1 aromatic heterocycles. The van der Waals surface area contributed by atoms with Crippen molar-refractivity contribution in [1.29, 1.82) is 0 Å². The Morgan fingerprint density at radius 1 is 1.15 bits per heavy atom. The fraction of sp³-hybridized carbons (Fsp3) is 0.688. The zero-order valence-corrected chi connectivity index (χ0v) is 12.6. The second-order valence-corrected chi connectivity index (χ2v) is 7.50. The number of amides is 1. The van der Waals surface area contributed by atoms with Gasteiger partial charge in [0.1, 0.15) is 0 Å². The molecule has 4 rings (SSSR count). The highest BCUT2D eigenvalue weighted by Crippen LogP contribution is 2.46. The molecule has 0 unspecified atom stereocenters. The highest BCUT2D eigenvalue weighted by Gasteiger charge is 2.42. The highest BCUT2D eigenvalue weighted by molar-refractivity contribution is 7.12. The predicted molar refractivity (Wildman–Crippen MR) is 81.0 cm³/mol. The van der Waals surface area contributed by atoms with E-state index in [2.05, 4.69) is 4.90 Å². The number of thiophene rings is 1. The van der Waals surface area contributed by atoms with Crippen LogP contribution in [0.5, 0.6) is 0 Å². The molecule has 1 amide bonds. The van der Waals surface area contributed by atoms with Gasteiger partial charge in [0.2, 0.25) is 0 Å². The smallest absolute Gasteiger partial charge is 0.264 e. The van der Waals surface area contributed by atoms with Gasteiger partial charge in [0, 0.05) is 32.2 Å². The molecule has 1 aromatic rings. The van der Waals surface area contributed by atoms with E-state index in [1.807, 2.05) is 22.4 Å². The molecule has 3 nitrogen and oxygen atoms in total. The lowest BCUT2D eigenvalue weighted by molar-refractivity contribution is 0.0499. The van der Waals surface area contributed by atoms with Crippen LogP contribution >= 0.6 is 11.3 Å². The van der Waals surface area contributed by atoms with Crippen LogP contribution in [-0.2, 0) is 0 Å². The van der Waals surface area contributed by atoms with E-state index >= 15 is 0 Å². The van der Waals surface area contributed by atoms with Crippen LogP contribution in [0.15, 0.2) is 17.5 Å². The van der Waals surface area contributed by atoms with Crippen LogP contribution < -0.4 is 0 Å². The van der Waals surface area contributed by atoms with Gasteiger partial charge < -0.3 is 4.90 Å². The zero-order valence-electron chi connectivity index (χ0n) is 11.8. The van der Waals surface area contributed by atoms with Crippen LogP contribution in [0.1, 0.15) is 35.4 Å². The molecule has 2 saturated carbocycles. The maximum absolute atomic E-state index is 12.3. The minimum absolute atomic E-state index is 0.229. The third-order valence-electron chi connectivity index (χ3n) is 5.50. The lowest BCUT2D eigenvalue weighted by Gasteiger charge is -2.40. The molecule has 3 fully saturated rings. The second-order valence-electron chi connectivity index (χ2n) is 6.55. The van der Waals surface area contributed by atoms with Crippen molar-refractivity contribution in [2.75, 3.05) is 26.2 Å². The quantitative estimate of drug-likeness (QED) is 0.836. The average molecular weight is 290 g/mol. The summed E-state index contributed by atoms with van der Waals surface area (Å²) in [6.45, 7) is 3.96. The second kappa shape index (κ2) is 5.15. The normalized spacial score (nSPS) is 33.8. The van der Waals surface area contributed by atoms with E-state index in [4.69, 9.17) is 0 Å². The molecule has 2 heterocycles. The number of piperazine rings is 1. The van der Waals surface area contributed by atoms with E-state index in [1.54, 1.807) is 11.3 Å². The number of rotatable bonds is 2. The SMILES string of the molecule is O=C(c1cccs1)N1CCN([C@@H]2C[C@@H]3CC[C@H]2C3)CC1. The summed E-state index contributed by atoms with van der Waals surface area (Å²) in [4.78, 5) is 17.9. The summed E-state index contributed by atoms with van der Waals surface area (Å²) >= 11 is 1.56. The molecule has 1 saturated heterocycles. The monoisotopic (exact) mass is 290 g/mol. The van der Waals surface area contributed by atoms with Gasteiger partial charge >= 0.3 is 0 Å². The maximum atomic E-state index is 12.3. The predicted octanol–water partition coefficient (Wildman–Crippen LogP) is 2.69. The van der Waals surface area contributed by atoms with Crippen molar-refractivity contribution >= 4 is 17.2 Å². The van der Waals surface area contributed by atoms with Crippen molar-refractivity contribution in [3.05, 3.63) is 22.4 Å². The molecule has 2 aliphatic carbocycles. The summed E-state index contributed by atoms with van der Waals surface area (Å²) in [5, 5.41) is 1.98. The van der Waals surface area contributed by atoms with Crippen LogP contribution in [0.2, 0.25) is 0 Å². The summed E-state index contributed by atoms with van der Waals surface area (Å²) in [6, 6.07) is 4.73. The van der Waals surface area contributed by atoms with Gasteiger partial charge in [-0.15, -0.1) is 11.3 Å². The van der Waals surface area contributed by atoms with Gasteiger partial charge in [0.15, 0.2) is 0 Å². The molecule has 3 atom stereocenters. The lowest BCUT2D eigenvalue weighted by atomic mass is 9.93. The number of hydrogen-bond donors (Lipinski definition) is 0. The zero-order chi connectivity index (χ0) is 13.5. The van der Waals surface area contributed by atoms with Crippen LogP contribution in [-0.4, -0.2) is 47.9 Å². The molecule has 4 heteroatoms. The summed E-state index contributed by atoms with van der Waals surface area (Å²) < 4.78 is 0. The molecule has 108 valence electrons. The van der Waals surface area contributed by atoms with Gasteiger partial charge in [-0.05, 0) is 42.5 Å². The molecular formula is C16H22N2OS. The molecule has 20 heavy (non-hydrogen) atoms. The largest absolute Gasteiger partial charge is 0.335 e. The fourth-order valence-electron chi connectivity index (χ4n) is 4.47. The first-order valence-corrected chi connectivity index (χ1v) is 8.76. The molecule has 0 spiro atoms. The van der Waals surface area contributed by atoms with Crippen LogP contribution in [0, 0.1) is 11.8 Å². The van der Waals surface area contributed by atoms with Crippen LogP contribution in [0.25, 0.3) is 0 Å². The molecule has 0 N–H and O–H groups in total. The van der Waals surface area contributed by atoms with Crippen molar-refractivity contribution < 1.29 is 4.79 Å². The topological polar surface area (TPSA) is 23.6 Å². The summed E-state index contributed by atoms with van der Waals surface area (Å²) in [5.74, 6) is 2.20. The molecule has 3 aliphatic rings. The molecule has 2 bridgehead atoms. The van der Waals surface area contributed by atoms with Gasteiger partial charge in [-0.2, -0.15) is 0 Å². The highest BCUT2D eigenvalue weighted by atomic mass is 32.1. The third-order valence-corrected chi connectivity index (χ3v) is 6.36. The first-order chi connectivity index (χ1) is 9.81. The first-order valence-electron chi connectivity index (χ1n) is 7.88. The van der Waals surface area contributed by atoms with Gasteiger partial charge in [-0.1, -0.05) is 12.5 Å². The molecule has 0 radical (unpaired) electrons. The Labute approximate surface area is 124 Å². The Kier molecular flexibility index (Phi) is 3.31. The van der Waals surface area contributed by atoms with Crippen molar-refractivity contribution in [3.63, 3.8) is 0 Å². The maximum Gasteiger partial charge on any atom is 0.264 e. The molecule has 1 aliphatic heterocycles. The standard InChI is InChI=1S/C16H22N2OS/c19-16(15-2-1-9-20-15)18-7-5-17(6-8-18)14-11-12-3-4-13(14)10-12/h1-2,9,12-14H,3-8,10-11H2/t12-,13+,14-/m1/s1. The molecular weight excluding hydrogens is 268 g/mol. The van der Waals surface area contributed by atoms with E-state index in [9.17, 15) is 4.79 Å². The Morgan fingerprint density at radius 2 is 2.00 bits per heavy atom. The molecule has 0 aromatic carbocycles. The minimum Gasteiger partial charge on any atom is -0.335 e. The number of hydrogen-bond acceptors (Lipinski definition) is 3. The average Bonchev–Trinajstić information content (AvgIpc) is 3.23. The minimum atomic E-state index is 0.229. The number of nitrogens with zero attached hydrogens (tertiary/aromatic N) is 2. The summed E-state index contributed by atoms with van der Waals surface area (Å²) in [6.07, 6.45) is 5.81. The van der Waals surface area contributed by atoms with Gasteiger partial charge in [-0.25, -0.2) is 0 Å². The third kappa shape index (κ3) is 2.19. The van der Waals surface area contributed by atoms with E-state index in [1.165, 1.54) is 25.7 Å². The fourth-order valence-corrected chi connectivity index (χ4v) is 5.16. The number of carbonyl (C=O) groups is 1. The summed E-state index contributed by atoms with van der Waals surface area (Å²) in [5.41, 5.74) is 0. The van der Waals surface area contributed by atoms with Gasteiger partial charge in [0.25, 0.3) is 5.91 Å². The Balaban J connectivity index is 1.35. The van der Waals surface area contributed by atoms with Gasteiger partial charge in [0.05, 0.1) is 4.88 Å².